The molecule has 2 heterocycles. The van der Waals surface area contributed by atoms with E-state index in [4.69, 9.17) is 0 Å². The number of hydrogen-bond donors (Lipinski definition) is 0. The molecule has 2 aromatic rings. The summed E-state index contributed by atoms with van der Waals surface area (Å²) in [5, 5.41) is 14.4. The fraction of sp³-hybridized carbons (Fsp3) is 0.111. The highest BCUT2D eigenvalue weighted by Gasteiger charge is 2.18. The third-order valence-electron chi connectivity index (χ3n) is 1.94. The maximum atomic E-state index is 10.6. The zero-order valence-corrected chi connectivity index (χ0v) is 9.66. The lowest BCUT2D eigenvalue weighted by Gasteiger charge is -1.95. The van der Waals surface area contributed by atoms with E-state index in [1.165, 1.54) is 4.68 Å². The van der Waals surface area contributed by atoms with Crippen LogP contribution >= 0.6 is 15.9 Å². The molecule has 2 rings (SSSR count). The quantitative estimate of drug-likeness (QED) is 0.637. The van der Waals surface area contributed by atoms with Crippen LogP contribution in [0.15, 0.2) is 35.2 Å². The summed E-state index contributed by atoms with van der Waals surface area (Å²) in [5.41, 5.74) is 0.937. The van der Waals surface area contributed by atoms with Crippen molar-refractivity contribution in [2.24, 2.45) is 0 Å². The van der Waals surface area contributed by atoms with Gasteiger partial charge in [0.05, 0.1) is 17.8 Å². The first-order valence-corrected chi connectivity index (χ1v) is 5.22. The molecule has 82 valence electrons. The predicted molar refractivity (Wildman–Crippen MR) is 59.9 cm³/mol. The van der Waals surface area contributed by atoms with E-state index in [2.05, 4.69) is 26.0 Å². The van der Waals surface area contributed by atoms with Crippen molar-refractivity contribution in [3.05, 3.63) is 50.9 Å². The molecule has 0 bridgehead atoms. The average molecular weight is 283 g/mol. The standard InChI is InChI=1S/C9H7BrN4O2/c10-8-6-13(12-9(8)14(15)16)5-7-2-1-3-11-4-7/h1-4,6H,5H2. The monoisotopic (exact) mass is 282 g/mol. The molecule has 0 saturated carbocycles. The smallest absolute Gasteiger partial charge is 0.358 e. The van der Waals surface area contributed by atoms with Gasteiger partial charge in [0.2, 0.25) is 0 Å². The van der Waals surface area contributed by atoms with Crippen LogP contribution in [0, 0.1) is 10.1 Å². The molecule has 0 fully saturated rings. The van der Waals surface area contributed by atoms with Crippen LogP contribution in [0.3, 0.4) is 0 Å². The summed E-state index contributed by atoms with van der Waals surface area (Å²) in [4.78, 5) is 14.0. The Morgan fingerprint density at radius 3 is 2.94 bits per heavy atom. The molecule has 0 amide bonds. The Bertz CT molecular complexity index is 511. The van der Waals surface area contributed by atoms with Crippen molar-refractivity contribution in [3.63, 3.8) is 0 Å². The second-order valence-electron chi connectivity index (χ2n) is 3.12. The van der Waals surface area contributed by atoms with E-state index >= 15 is 0 Å². The summed E-state index contributed by atoms with van der Waals surface area (Å²) < 4.78 is 1.88. The highest BCUT2D eigenvalue weighted by Crippen LogP contribution is 2.22. The van der Waals surface area contributed by atoms with Gasteiger partial charge in [0, 0.05) is 12.4 Å². The molecule has 0 spiro atoms. The molecule has 0 aliphatic rings. The van der Waals surface area contributed by atoms with Gasteiger partial charge in [0.25, 0.3) is 0 Å². The van der Waals surface area contributed by atoms with Gasteiger partial charge >= 0.3 is 5.82 Å². The molecular weight excluding hydrogens is 276 g/mol. The van der Waals surface area contributed by atoms with E-state index in [-0.39, 0.29) is 5.82 Å². The van der Waals surface area contributed by atoms with E-state index in [1.54, 1.807) is 18.6 Å². The van der Waals surface area contributed by atoms with Crippen LogP contribution in [0.5, 0.6) is 0 Å². The molecule has 16 heavy (non-hydrogen) atoms. The molecule has 7 heteroatoms. The number of rotatable bonds is 3. The van der Waals surface area contributed by atoms with Gasteiger partial charge in [-0.05, 0) is 32.5 Å². The van der Waals surface area contributed by atoms with E-state index in [1.807, 2.05) is 12.1 Å². The van der Waals surface area contributed by atoms with Crippen LogP contribution in [0.1, 0.15) is 5.56 Å². The van der Waals surface area contributed by atoms with Gasteiger partial charge in [-0.15, -0.1) is 0 Å². The summed E-state index contributed by atoms with van der Waals surface area (Å²) in [7, 11) is 0. The Morgan fingerprint density at radius 2 is 2.38 bits per heavy atom. The van der Waals surface area contributed by atoms with E-state index < -0.39 is 4.92 Å². The minimum absolute atomic E-state index is 0.177. The molecule has 0 atom stereocenters. The molecule has 0 unspecified atom stereocenters. The van der Waals surface area contributed by atoms with Crippen molar-refractivity contribution in [2.75, 3.05) is 0 Å². The van der Waals surface area contributed by atoms with Crippen LogP contribution < -0.4 is 0 Å². The van der Waals surface area contributed by atoms with Crippen molar-refractivity contribution in [1.29, 1.82) is 0 Å². The van der Waals surface area contributed by atoms with Gasteiger partial charge in [0.15, 0.2) is 0 Å². The summed E-state index contributed by atoms with van der Waals surface area (Å²) in [5.74, 6) is -0.177. The molecule has 6 nitrogen and oxygen atoms in total. The van der Waals surface area contributed by atoms with Crippen molar-refractivity contribution in [1.82, 2.24) is 14.8 Å². The Kier molecular flexibility index (Phi) is 2.95. The lowest BCUT2D eigenvalue weighted by molar-refractivity contribution is -0.390. The van der Waals surface area contributed by atoms with Gasteiger partial charge in [-0.1, -0.05) is 6.07 Å². The van der Waals surface area contributed by atoms with Crippen LogP contribution in [-0.2, 0) is 6.54 Å². The fourth-order valence-electron chi connectivity index (χ4n) is 1.27. The molecule has 0 aliphatic carbocycles. The second kappa shape index (κ2) is 4.40. The molecule has 0 N–H and O–H groups in total. The first-order valence-electron chi connectivity index (χ1n) is 4.43. The maximum absolute atomic E-state index is 10.6. The minimum Gasteiger partial charge on any atom is -0.358 e. The normalized spacial score (nSPS) is 10.3. The van der Waals surface area contributed by atoms with Crippen molar-refractivity contribution in [3.8, 4) is 0 Å². The molecule has 0 saturated heterocycles. The summed E-state index contributed by atoms with van der Waals surface area (Å²) in [6, 6.07) is 3.69. The number of nitro groups is 1. The predicted octanol–water partition coefficient (Wildman–Crippen LogP) is 2.00. The van der Waals surface area contributed by atoms with Gasteiger partial charge in [0.1, 0.15) is 4.47 Å². The highest BCUT2D eigenvalue weighted by atomic mass is 79.9. The lowest BCUT2D eigenvalue weighted by Crippen LogP contribution is -2.01. The van der Waals surface area contributed by atoms with Crippen LogP contribution in [0.25, 0.3) is 0 Å². The zero-order valence-electron chi connectivity index (χ0n) is 8.08. The Hall–Kier alpha value is -1.76. The van der Waals surface area contributed by atoms with Crippen molar-refractivity contribution < 1.29 is 4.92 Å². The number of pyridine rings is 1. The summed E-state index contributed by atoms with van der Waals surface area (Å²) in [6.07, 6.45) is 4.94. The van der Waals surface area contributed by atoms with Crippen LogP contribution in [0.2, 0.25) is 0 Å². The molecule has 0 aliphatic heterocycles. The largest absolute Gasteiger partial charge is 0.404 e. The summed E-state index contributed by atoms with van der Waals surface area (Å²) >= 11 is 3.09. The Morgan fingerprint density at radius 1 is 1.56 bits per heavy atom. The van der Waals surface area contributed by atoms with Crippen LogP contribution in [0.4, 0.5) is 5.82 Å². The van der Waals surface area contributed by atoms with E-state index in [0.717, 1.165) is 5.56 Å². The zero-order chi connectivity index (χ0) is 11.5. The lowest BCUT2D eigenvalue weighted by atomic mass is 10.3. The Balaban J connectivity index is 2.23. The van der Waals surface area contributed by atoms with Gasteiger partial charge < -0.3 is 10.1 Å². The third-order valence-corrected chi connectivity index (χ3v) is 2.50. The summed E-state index contributed by atoms with van der Waals surface area (Å²) in [6.45, 7) is 0.459. The van der Waals surface area contributed by atoms with E-state index in [0.29, 0.717) is 11.0 Å². The number of hydrogen-bond acceptors (Lipinski definition) is 4. The first kappa shape index (κ1) is 10.7. The van der Waals surface area contributed by atoms with Gasteiger partial charge in [-0.3, -0.25) is 4.98 Å². The molecular formula is C9H7BrN4O2. The molecule has 2 aromatic heterocycles. The average Bonchev–Trinajstić information content (AvgIpc) is 2.61. The third kappa shape index (κ3) is 2.25. The minimum atomic E-state index is -0.524. The number of nitrogens with zero attached hydrogens (tertiary/aromatic N) is 4. The topological polar surface area (TPSA) is 73.8 Å². The van der Waals surface area contributed by atoms with Gasteiger partial charge in [-0.2, -0.15) is 4.68 Å². The van der Waals surface area contributed by atoms with Crippen molar-refractivity contribution >= 4 is 21.7 Å². The molecule has 0 aromatic carbocycles. The maximum Gasteiger partial charge on any atom is 0.404 e. The first-order chi connectivity index (χ1) is 7.66. The van der Waals surface area contributed by atoms with E-state index in [9.17, 15) is 10.1 Å². The highest BCUT2D eigenvalue weighted by molar-refractivity contribution is 9.10. The fourth-order valence-corrected chi connectivity index (χ4v) is 1.73. The number of aromatic nitrogens is 3. The van der Waals surface area contributed by atoms with Crippen molar-refractivity contribution in [2.45, 2.75) is 6.54 Å². The van der Waals surface area contributed by atoms with Gasteiger partial charge in [-0.25, -0.2) is 0 Å². The van der Waals surface area contributed by atoms with Crippen LogP contribution in [-0.4, -0.2) is 19.7 Å². The molecule has 0 radical (unpaired) electrons. The Labute approximate surface area is 99.2 Å². The SMILES string of the molecule is O=[N+]([O-])c1nn(Cc2cccnc2)cc1Br. The number of halogens is 1. The second-order valence-corrected chi connectivity index (χ2v) is 3.97.